The van der Waals surface area contributed by atoms with Gasteiger partial charge in [-0.25, -0.2) is 0 Å². The van der Waals surface area contributed by atoms with Crippen LogP contribution in [0, 0.1) is 0 Å². The molecule has 0 aromatic heterocycles. The van der Waals surface area contributed by atoms with Crippen LogP contribution >= 0.6 is 0 Å². The number of carbonyl (C=O) groups excluding carboxylic acids is 3. The topological polar surface area (TPSA) is 75.7 Å². The second-order valence-electron chi connectivity index (χ2n) is 3.53. The van der Waals surface area contributed by atoms with Crippen molar-refractivity contribution in [3.8, 4) is 5.75 Å². The minimum Gasteiger partial charge on any atom is -0.482 e. The first-order valence-electron chi connectivity index (χ1n) is 4.91. The Hall–Kier alpha value is -2.37. The molecule has 17 heavy (non-hydrogen) atoms. The minimum absolute atomic E-state index is 0.00352. The fourth-order valence-corrected chi connectivity index (χ4v) is 1.52. The van der Waals surface area contributed by atoms with E-state index in [0.717, 1.165) is 0 Å². The van der Waals surface area contributed by atoms with E-state index in [4.69, 9.17) is 4.74 Å². The van der Waals surface area contributed by atoms with Gasteiger partial charge in [-0.2, -0.15) is 0 Å². The average Bonchev–Trinajstić information content (AvgIpc) is 2.34. The third-order valence-corrected chi connectivity index (χ3v) is 2.42. The number of hydrogen-bond acceptors (Lipinski definition) is 4. The Bertz CT molecular complexity index is 498. The molecule has 1 aromatic rings. The summed E-state index contributed by atoms with van der Waals surface area (Å²) in [6.07, 6.45) is 0.185. The van der Waals surface area contributed by atoms with Crippen molar-refractivity contribution in [2.24, 2.45) is 0 Å². The summed E-state index contributed by atoms with van der Waals surface area (Å²) in [5.41, 5.74) is 0.996. The van der Waals surface area contributed by atoms with Gasteiger partial charge in [-0.1, -0.05) is 0 Å². The van der Waals surface area contributed by atoms with Gasteiger partial charge in [-0.05, 0) is 18.2 Å². The van der Waals surface area contributed by atoms with Crippen LogP contribution in [-0.4, -0.2) is 31.8 Å². The molecular formula is C11H10N2O4. The van der Waals surface area contributed by atoms with Crippen molar-refractivity contribution in [2.45, 2.75) is 0 Å². The summed E-state index contributed by atoms with van der Waals surface area (Å²) >= 11 is 0. The number of nitrogens with zero attached hydrogens (tertiary/aromatic N) is 1. The van der Waals surface area contributed by atoms with Gasteiger partial charge < -0.3 is 15.0 Å². The molecule has 1 aliphatic heterocycles. The van der Waals surface area contributed by atoms with Crippen LogP contribution in [0.4, 0.5) is 11.4 Å². The van der Waals surface area contributed by atoms with Crippen LogP contribution in [0.3, 0.4) is 0 Å². The quantitative estimate of drug-likeness (QED) is 0.585. The number of aldehydes is 1. The third-order valence-electron chi connectivity index (χ3n) is 2.42. The SMILES string of the molecule is CN1C(=O)COc2ccc(NC(=O)C=O)cc21. The van der Waals surface area contributed by atoms with E-state index < -0.39 is 5.91 Å². The standard InChI is InChI=1S/C11H10N2O4/c1-13-8-4-7(12-10(15)5-14)2-3-9(8)17-6-11(13)16/h2-5H,6H2,1H3,(H,12,15). The van der Waals surface area contributed by atoms with Crippen LogP contribution in [-0.2, 0) is 14.4 Å². The lowest BCUT2D eigenvalue weighted by Crippen LogP contribution is -2.35. The molecule has 2 amide bonds. The Balaban J connectivity index is 2.32. The van der Waals surface area contributed by atoms with E-state index in [1.54, 1.807) is 25.2 Å². The molecule has 88 valence electrons. The van der Waals surface area contributed by atoms with Gasteiger partial charge in [0.05, 0.1) is 5.69 Å². The van der Waals surface area contributed by atoms with E-state index in [9.17, 15) is 14.4 Å². The first-order valence-corrected chi connectivity index (χ1v) is 4.91. The van der Waals surface area contributed by atoms with E-state index in [-0.39, 0.29) is 18.8 Å². The van der Waals surface area contributed by atoms with E-state index in [0.29, 0.717) is 17.1 Å². The number of likely N-dealkylation sites (N-methyl/N-ethyl adjacent to an activating group) is 1. The Kier molecular flexibility index (Phi) is 2.78. The zero-order valence-electron chi connectivity index (χ0n) is 9.10. The van der Waals surface area contributed by atoms with Crippen LogP contribution in [0.25, 0.3) is 0 Å². The molecule has 0 fully saturated rings. The fraction of sp³-hybridized carbons (Fsp3) is 0.182. The zero-order valence-corrected chi connectivity index (χ0v) is 9.10. The summed E-state index contributed by atoms with van der Waals surface area (Å²) in [6, 6.07) is 4.82. The second kappa shape index (κ2) is 4.25. The Labute approximate surface area is 97.2 Å². The average molecular weight is 234 g/mol. The maximum atomic E-state index is 11.4. The smallest absolute Gasteiger partial charge is 0.288 e. The lowest BCUT2D eigenvalue weighted by molar-refractivity contribution is -0.127. The molecule has 0 saturated heterocycles. The number of rotatable bonds is 2. The highest BCUT2D eigenvalue weighted by Gasteiger charge is 2.22. The van der Waals surface area contributed by atoms with Crippen molar-refractivity contribution in [3.05, 3.63) is 18.2 Å². The van der Waals surface area contributed by atoms with E-state index in [1.165, 1.54) is 4.90 Å². The van der Waals surface area contributed by atoms with Crippen molar-refractivity contribution in [1.82, 2.24) is 0 Å². The number of benzene rings is 1. The first-order chi connectivity index (χ1) is 8.11. The molecule has 0 saturated carbocycles. The van der Waals surface area contributed by atoms with Gasteiger partial charge in [0.15, 0.2) is 6.61 Å². The summed E-state index contributed by atoms with van der Waals surface area (Å²) in [7, 11) is 1.62. The van der Waals surface area contributed by atoms with Crippen LogP contribution in [0.5, 0.6) is 5.75 Å². The highest BCUT2D eigenvalue weighted by molar-refractivity contribution is 6.29. The monoisotopic (exact) mass is 234 g/mol. The fourth-order valence-electron chi connectivity index (χ4n) is 1.52. The molecule has 1 heterocycles. The van der Waals surface area contributed by atoms with E-state index in [1.807, 2.05) is 0 Å². The van der Waals surface area contributed by atoms with Gasteiger partial charge >= 0.3 is 0 Å². The number of nitrogens with one attached hydrogen (secondary N) is 1. The van der Waals surface area contributed by atoms with E-state index >= 15 is 0 Å². The molecule has 6 heteroatoms. The zero-order chi connectivity index (χ0) is 12.4. The summed E-state index contributed by atoms with van der Waals surface area (Å²) in [5.74, 6) is -0.344. The van der Waals surface area contributed by atoms with Crippen molar-refractivity contribution < 1.29 is 19.1 Å². The van der Waals surface area contributed by atoms with Crippen LogP contribution in [0.15, 0.2) is 18.2 Å². The maximum Gasteiger partial charge on any atom is 0.288 e. The van der Waals surface area contributed by atoms with Gasteiger partial charge in [0.1, 0.15) is 5.75 Å². The normalized spacial score (nSPS) is 13.7. The Morgan fingerprint density at radius 3 is 3.00 bits per heavy atom. The Morgan fingerprint density at radius 1 is 1.53 bits per heavy atom. The van der Waals surface area contributed by atoms with Gasteiger partial charge in [-0.3, -0.25) is 14.4 Å². The molecule has 1 N–H and O–H groups in total. The summed E-state index contributed by atoms with van der Waals surface area (Å²) in [5, 5.41) is 2.38. The molecule has 0 spiro atoms. The number of fused-ring (bicyclic) bond motifs is 1. The first kappa shape index (κ1) is 11.1. The molecule has 2 rings (SSSR count). The van der Waals surface area contributed by atoms with Crippen LogP contribution < -0.4 is 15.0 Å². The molecule has 0 radical (unpaired) electrons. The minimum atomic E-state index is -0.740. The summed E-state index contributed by atoms with van der Waals surface area (Å²) in [6.45, 7) is 0.00352. The molecule has 6 nitrogen and oxygen atoms in total. The number of ether oxygens (including phenoxy) is 1. The van der Waals surface area contributed by atoms with Gasteiger partial charge in [-0.15, -0.1) is 0 Å². The second-order valence-corrected chi connectivity index (χ2v) is 3.53. The highest BCUT2D eigenvalue weighted by atomic mass is 16.5. The van der Waals surface area contributed by atoms with Crippen molar-refractivity contribution >= 4 is 29.5 Å². The summed E-state index contributed by atoms with van der Waals surface area (Å²) < 4.78 is 5.22. The van der Waals surface area contributed by atoms with Gasteiger partial charge in [0.2, 0.25) is 6.29 Å². The summed E-state index contributed by atoms with van der Waals surface area (Å²) in [4.78, 5) is 34.0. The largest absolute Gasteiger partial charge is 0.482 e. The predicted octanol–water partition coefficient (Wildman–Crippen LogP) is 0.179. The Morgan fingerprint density at radius 2 is 2.29 bits per heavy atom. The van der Waals surface area contributed by atoms with Crippen LogP contribution in [0.1, 0.15) is 0 Å². The number of amides is 2. The lowest BCUT2D eigenvalue weighted by Gasteiger charge is -2.26. The van der Waals surface area contributed by atoms with Crippen LogP contribution in [0.2, 0.25) is 0 Å². The molecule has 1 aliphatic rings. The molecule has 1 aromatic carbocycles. The number of hydrogen-bond donors (Lipinski definition) is 1. The number of anilines is 2. The predicted molar refractivity (Wildman–Crippen MR) is 60.0 cm³/mol. The molecule has 0 aliphatic carbocycles. The van der Waals surface area contributed by atoms with Crippen molar-refractivity contribution in [3.63, 3.8) is 0 Å². The molecule has 0 unspecified atom stereocenters. The maximum absolute atomic E-state index is 11.4. The molecule has 0 atom stereocenters. The van der Waals surface area contributed by atoms with Gasteiger partial charge in [0.25, 0.3) is 11.8 Å². The molecule has 0 bridgehead atoms. The molecular weight excluding hydrogens is 224 g/mol. The van der Waals surface area contributed by atoms with Gasteiger partial charge in [0, 0.05) is 12.7 Å². The van der Waals surface area contributed by atoms with Crippen molar-refractivity contribution in [1.29, 1.82) is 0 Å². The van der Waals surface area contributed by atoms with E-state index in [2.05, 4.69) is 5.32 Å². The highest BCUT2D eigenvalue weighted by Crippen LogP contribution is 2.33. The third kappa shape index (κ3) is 2.10. The lowest BCUT2D eigenvalue weighted by atomic mass is 10.2. The number of carbonyl (C=O) groups is 3. The van der Waals surface area contributed by atoms with Crippen molar-refractivity contribution in [2.75, 3.05) is 23.9 Å².